The van der Waals surface area contributed by atoms with Crippen molar-refractivity contribution in [2.45, 2.75) is 11.4 Å². The SMILES string of the molecule is CC(N)(Cl)Cl. The van der Waals surface area contributed by atoms with Gasteiger partial charge in [-0.3, -0.25) is 0 Å². The van der Waals surface area contributed by atoms with E-state index in [4.69, 9.17) is 28.9 Å². The monoisotopic (exact) mass is 113 g/mol. The summed E-state index contributed by atoms with van der Waals surface area (Å²) in [7, 11) is 0. The Morgan fingerprint density at radius 3 is 1.60 bits per heavy atom. The predicted octanol–water partition coefficient (Wildman–Crippen LogP) is 1.10. The van der Waals surface area contributed by atoms with Gasteiger partial charge in [0.1, 0.15) is 0 Å². The van der Waals surface area contributed by atoms with Gasteiger partial charge in [0.05, 0.1) is 0 Å². The Bertz CT molecular complexity index is 23.1. The highest BCUT2D eigenvalue weighted by Gasteiger charge is 2.03. The molecule has 0 saturated heterocycles. The second kappa shape index (κ2) is 1.33. The summed E-state index contributed by atoms with van der Waals surface area (Å²) in [6.07, 6.45) is 0. The molecule has 0 atom stereocenters. The van der Waals surface area contributed by atoms with Crippen molar-refractivity contribution in [3.63, 3.8) is 0 Å². The molecule has 0 fully saturated rings. The molecule has 0 aliphatic carbocycles. The minimum Gasteiger partial charge on any atom is -0.300 e. The van der Waals surface area contributed by atoms with Crippen molar-refractivity contribution < 1.29 is 0 Å². The third-order valence-corrected chi connectivity index (χ3v) is 0. The van der Waals surface area contributed by atoms with Gasteiger partial charge in [0.25, 0.3) is 0 Å². The molecule has 32 valence electrons. The van der Waals surface area contributed by atoms with Crippen LogP contribution in [0.15, 0.2) is 0 Å². The fraction of sp³-hybridized carbons (Fsp3) is 1.00. The first-order chi connectivity index (χ1) is 2.00. The van der Waals surface area contributed by atoms with Gasteiger partial charge in [-0.25, -0.2) is 0 Å². The maximum Gasteiger partial charge on any atom is 0.163 e. The smallest absolute Gasteiger partial charge is 0.163 e. The van der Waals surface area contributed by atoms with Crippen molar-refractivity contribution in [2.24, 2.45) is 5.73 Å². The van der Waals surface area contributed by atoms with Crippen LogP contribution in [0.2, 0.25) is 0 Å². The quantitative estimate of drug-likeness (QED) is 0.370. The van der Waals surface area contributed by atoms with E-state index in [1.54, 1.807) is 0 Å². The Hall–Kier alpha value is 0.540. The molecule has 5 heavy (non-hydrogen) atoms. The summed E-state index contributed by atoms with van der Waals surface area (Å²) in [4.78, 5) is 0. The molecule has 0 unspecified atom stereocenters. The number of hydrogen-bond acceptors (Lipinski definition) is 1. The van der Waals surface area contributed by atoms with Gasteiger partial charge in [0.15, 0.2) is 4.46 Å². The van der Waals surface area contributed by atoms with Crippen LogP contribution in [-0.4, -0.2) is 4.46 Å². The van der Waals surface area contributed by atoms with E-state index in [1.165, 1.54) is 6.92 Å². The summed E-state index contributed by atoms with van der Waals surface area (Å²) in [6.45, 7) is 1.50. The maximum atomic E-state index is 5.07. The van der Waals surface area contributed by atoms with E-state index in [2.05, 4.69) is 0 Å². The van der Waals surface area contributed by atoms with Crippen molar-refractivity contribution in [3.05, 3.63) is 0 Å². The maximum absolute atomic E-state index is 5.07. The Kier molecular flexibility index (Phi) is 1.47. The van der Waals surface area contributed by atoms with Crippen LogP contribution in [0.1, 0.15) is 6.92 Å². The standard InChI is InChI=1S/C2H5Cl2N/c1-2(3,4)5/h5H2,1H3. The van der Waals surface area contributed by atoms with E-state index in [-0.39, 0.29) is 0 Å². The molecule has 0 bridgehead atoms. The predicted molar refractivity (Wildman–Crippen MR) is 24.3 cm³/mol. The van der Waals surface area contributed by atoms with Crippen molar-refractivity contribution in [2.75, 3.05) is 0 Å². The number of hydrogen-bond donors (Lipinski definition) is 1. The average molecular weight is 114 g/mol. The van der Waals surface area contributed by atoms with Crippen LogP contribution in [0.4, 0.5) is 0 Å². The molecule has 0 amide bonds. The third kappa shape index (κ3) is 100. The molecule has 0 aromatic heterocycles. The molecule has 0 aromatic carbocycles. The summed E-state index contributed by atoms with van der Waals surface area (Å²) in [5, 5.41) is 0. The van der Waals surface area contributed by atoms with Gasteiger partial charge >= 0.3 is 0 Å². The lowest BCUT2D eigenvalue weighted by Gasteiger charge is -1.99. The molecule has 0 aliphatic rings. The second-order valence-electron chi connectivity index (χ2n) is 0.956. The first-order valence-corrected chi connectivity index (χ1v) is 1.92. The molecule has 0 saturated carbocycles. The highest BCUT2D eigenvalue weighted by molar-refractivity contribution is 6.47. The number of nitrogens with two attached hydrogens (primary N) is 1. The van der Waals surface area contributed by atoms with Gasteiger partial charge in [-0.15, -0.1) is 0 Å². The van der Waals surface area contributed by atoms with E-state index in [0.29, 0.717) is 0 Å². The highest BCUT2D eigenvalue weighted by atomic mass is 35.5. The first-order valence-electron chi connectivity index (χ1n) is 1.17. The van der Waals surface area contributed by atoms with E-state index in [1.807, 2.05) is 0 Å². The molecule has 0 aliphatic heterocycles. The highest BCUT2D eigenvalue weighted by Crippen LogP contribution is 2.08. The van der Waals surface area contributed by atoms with Crippen LogP contribution in [0.5, 0.6) is 0 Å². The summed E-state index contributed by atoms with van der Waals surface area (Å²) >= 11 is 10.1. The molecule has 0 rings (SSSR count). The van der Waals surface area contributed by atoms with Gasteiger partial charge in [-0.1, -0.05) is 23.2 Å². The van der Waals surface area contributed by atoms with Gasteiger partial charge < -0.3 is 5.73 Å². The fourth-order valence-electron chi connectivity index (χ4n) is 0. The van der Waals surface area contributed by atoms with Crippen LogP contribution in [0, 0.1) is 0 Å². The minimum atomic E-state index is -1.06. The molecule has 2 N–H and O–H groups in total. The van der Waals surface area contributed by atoms with Crippen molar-refractivity contribution in [1.29, 1.82) is 0 Å². The summed E-state index contributed by atoms with van der Waals surface area (Å²) in [5.41, 5.74) is 4.89. The first kappa shape index (κ1) is 5.54. The van der Waals surface area contributed by atoms with Crippen LogP contribution in [-0.2, 0) is 0 Å². The van der Waals surface area contributed by atoms with Gasteiger partial charge in [-0.2, -0.15) is 0 Å². The lowest BCUT2D eigenvalue weighted by atomic mass is 10.8. The molecule has 0 radical (unpaired) electrons. The van der Waals surface area contributed by atoms with Crippen molar-refractivity contribution in [1.82, 2.24) is 0 Å². The summed E-state index contributed by atoms with van der Waals surface area (Å²) < 4.78 is -1.06. The van der Waals surface area contributed by atoms with Gasteiger partial charge in [0.2, 0.25) is 0 Å². The van der Waals surface area contributed by atoms with Crippen LogP contribution < -0.4 is 5.73 Å². The Morgan fingerprint density at radius 1 is 1.60 bits per heavy atom. The molecular formula is C2H5Cl2N. The number of halogens is 2. The zero-order valence-electron chi connectivity index (χ0n) is 2.83. The van der Waals surface area contributed by atoms with Crippen LogP contribution >= 0.6 is 23.2 Å². The molecule has 0 spiro atoms. The summed E-state index contributed by atoms with van der Waals surface area (Å²) in [5.74, 6) is 0. The van der Waals surface area contributed by atoms with E-state index in [9.17, 15) is 0 Å². The zero-order chi connectivity index (χ0) is 4.50. The zero-order valence-corrected chi connectivity index (χ0v) is 4.35. The van der Waals surface area contributed by atoms with Crippen LogP contribution in [0.25, 0.3) is 0 Å². The number of alkyl halides is 2. The largest absolute Gasteiger partial charge is 0.300 e. The Balaban J connectivity index is 3.02. The lowest BCUT2D eigenvalue weighted by molar-refractivity contribution is 0.935. The molecule has 3 heteroatoms. The molecule has 0 aromatic rings. The van der Waals surface area contributed by atoms with Gasteiger partial charge in [-0.05, 0) is 6.92 Å². The fourth-order valence-corrected chi connectivity index (χ4v) is 0. The normalized spacial score (nSPS) is 12.0. The molecular weight excluding hydrogens is 109 g/mol. The van der Waals surface area contributed by atoms with Gasteiger partial charge in [0, 0.05) is 0 Å². The van der Waals surface area contributed by atoms with Crippen LogP contribution in [0.3, 0.4) is 0 Å². The van der Waals surface area contributed by atoms with Crippen molar-refractivity contribution >= 4 is 23.2 Å². The van der Waals surface area contributed by atoms with Crippen molar-refractivity contribution in [3.8, 4) is 0 Å². The lowest BCUT2D eigenvalue weighted by Crippen LogP contribution is -2.19. The Labute approximate surface area is 41.1 Å². The summed E-state index contributed by atoms with van der Waals surface area (Å²) in [6, 6.07) is 0. The molecule has 0 heterocycles. The van der Waals surface area contributed by atoms with E-state index >= 15 is 0 Å². The average Bonchev–Trinajstić information content (AvgIpc) is 0.722. The number of rotatable bonds is 0. The van der Waals surface area contributed by atoms with E-state index in [0.717, 1.165) is 0 Å². The Morgan fingerprint density at radius 2 is 1.60 bits per heavy atom. The molecule has 1 nitrogen and oxygen atoms in total. The third-order valence-electron chi connectivity index (χ3n) is 0. The topological polar surface area (TPSA) is 26.0 Å². The second-order valence-corrected chi connectivity index (χ2v) is 2.72. The van der Waals surface area contributed by atoms with E-state index < -0.39 is 4.46 Å². The minimum absolute atomic E-state index is 1.06.